The molecule has 2 N–H and O–H groups in total. The van der Waals surface area contributed by atoms with Crippen molar-refractivity contribution in [2.75, 3.05) is 31.6 Å². The number of piperidine rings is 1. The van der Waals surface area contributed by atoms with Crippen LogP contribution in [0.15, 0.2) is 63.0 Å². The minimum atomic E-state index is -3.90. The highest BCUT2D eigenvalue weighted by molar-refractivity contribution is 7.91. The third-order valence-corrected chi connectivity index (χ3v) is 12.1. The lowest BCUT2D eigenvalue weighted by Crippen LogP contribution is -2.29. The minimum absolute atomic E-state index is 0.189. The number of rotatable bonds is 8. The van der Waals surface area contributed by atoms with Crippen molar-refractivity contribution in [3.05, 3.63) is 81.3 Å². The molecule has 1 aromatic carbocycles. The summed E-state index contributed by atoms with van der Waals surface area (Å²) in [6.07, 6.45) is 5.76. The lowest BCUT2D eigenvalue weighted by molar-refractivity contribution is 0.0613. The first-order valence-corrected chi connectivity index (χ1v) is 18.0. The summed E-state index contributed by atoms with van der Waals surface area (Å²) >= 11 is 1.13. The molecule has 2 saturated heterocycles. The van der Waals surface area contributed by atoms with E-state index in [1.165, 1.54) is 18.4 Å². The molecule has 0 radical (unpaired) electrons. The van der Waals surface area contributed by atoms with E-state index < -0.39 is 10.0 Å². The smallest absolute Gasteiger partial charge is 0.292 e. The second kappa shape index (κ2) is 12.7. The molecular weight excluding hydrogens is 623 g/mol. The molecule has 0 saturated carbocycles. The Hall–Kier alpha value is -3.91. The van der Waals surface area contributed by atoms with Gasteiger partial charge in [-0.2, -0.15) is 22.6 Å². The van der Waals surface area contributed by atoms with Gasteiger partial charge in [-0.15, -0.1) is 11.3 Å². The highest BCUT2D eigenvalue weighted by Gasteiger charge is 2.28. The second-order valence-electron chi connectivity index (χ2n) is 12.1. The van der Waals surface area contributed by atoms with Crippen LogP contribution in [0.5, 0.6) is 0 Å². The molecule has 0 aliphatic carbocycles. The maximum atomic E-state index is 14.4. The zero-order valence-corrected chi connectivity index (χ0v) is 27.5. The van der Waals surface area contributed by atoms with Gasteiger partial charge in [-0.1, -0.05) is 18.2 Å². The van der Waals surface area contributed by atoms with Crippen LogP contribution >= 0.6 is 11.3 Å². The van der Waals surface area contributed by atoms with Gasteiger partial charge < -0.3 is 15.4 Å². The predicted molar refractivity (Wildman–Crippen MR) is 180 cm³/mol. The van der Waals surface area contributed by atoms with E-state index in [2.05, 4.69) is 32.8 Å². The number of ether oxygens (including phenoxy) is 1. The lowest BCUT2D eigenvalue weighted by Gasteiger charge is -2.24. The van der Waals surface area contributed by atoms with E-state index in [1.54, 1.807) is 48.2 Å². The zero-order valence-electron chi connectivity index (χ0n) is 25.9. The van der Waals surface area contributed by atoms with Crippen LogP contribution in [0.2, 0.25) is 0 Å². The quantitative estimate of drug-likeness (QED) is 0.230. The van der Waals surface area contributed by atoms with Gasteiger partial charge in [-0.25, -0.2) is 4.98 Å². The van der Waals surface area contributed by atoms with E-state index in [-0.39, 0.29) is 15.7 Å². The van der Waals surface area contributed by atoms with Gasteiger partial charge in [0, 0.05) is 49.1 Å². The Balaban J connectivity index is 1.28. The molecule has 0 amide bonds. The Bertz CT molecular complexity index is 2030. The van der Waals surface area contributed by atoms with E-state index in [0.29, 0.717) is 65.2 Å². The maximum Gasteiger partial charge on any atom is 0.292 e. The number of pyridine rings is 1. The highest BCUT2D eigenvalue weighted by atomic mass is 32.2. The first-order valence-electron chi connectivity index (χ1n) is 15.7. The Morgan fingerprint density at radius 3 is 2.63 bits per heavy atom. The van der Waals surface area contributed by atoms with Crippen LogP contribution in [-0.2, 0) is 21.3 Å². The number of thiophene rings is 1. The molecule has 46 heavy (non-hydrogen) atoms. The van der Waals surface area contributed by atoms with Gasteiger partial charge >= 0.3 is 0 Å². The molecule has 5 aromatic rings. The van der Waals surface area contributed by atoms with Crippen LogP contribution in [0, 0.1) is 19.8 Å². The van der Waals surface area contributed by atoms with Crippen LogP contribution in [0.4, 0.5) is 11.6 Å². The number of benzene rings is 1. The summed E-state index contributed by atoms with van der Waals surface area (Å²) < 4.78 is 35.4. The molecule has 0 spiro atoms. The average molecular weight is 660 g/mol. The standard InChI is InChI=1S/C33H37N7O4S2/c1-21-30(22(2)40(38-21)46(42,43)29-6-4-16-45-29)28-17-26-19-35-33(36-27-9-7-24(8-10-27)25-5-3-13-34-18-25)37-31(26)39(32(28)41)20-23-11-14-44-15-12-23/h4,6-10,16-17,19,23,25,34H,3,5,11-15,18,20H2,1-2H3,(H,35,36,37). The molecule has 2 aliphatic heterocycles. The van der Waals surface area contributed by atoms with Crippen molar-refractivity contribution in [1.29, 1.82) is 0 Å². The molecule has 7 rings (SSSR count). The van der Waals surface area contributed by atoms with Gasteiger partial charge in [-0.05, 0) is 93.1 Å². The molecular formula is C33H37N7O4S2. The van der Waals surface area contributed by atoms with E-state index in [9.17, 15) is 13.2 Å². The number of nitrogens with zero attached hydrogens (tertiary/aromatic N) is 5. The van der Waals surface area contributed by atoms with Crippen molar-refractivity contribution in [3.8, 4) is 11.1 Å². The molecule has 13 heteroatoms. The maximum absolute atomic E-state index is 14.4. The van der Waals surface area contributed by atoms with Gasteiger partial charge in [0.15, 0.2) is 0 Å². The van der Waals surface area contributed by atoms with Crippen LogP contribution in [0.25, 0.3) is 22.2 Å². The van der Waals surface area contributed by atoms with Gasteiger partial charge in [0.2, 0.25) is 5.95 Å². The van der Waals surface area contributed by atoms with Gasteiger partial charge in [0.1, 0.15) is 9.86 Å². The zero-order chi connectivity index (χ0) is 31.8. The number of nitrogens with one attached hydrogen (secondary N) is 2. The summed E-state index contributed by atoms with van der Waals surface area (Å²) in [6.45, 7) is 7.26. The highest BCUT2D eigenvalue weighted by Crippen LogP contribution is 2.31. The SMILES string of the molecule is Cc1nn(S(=O)(=O)c2cccs2)c(C)c1-c1cc2cnc(Nc3ccc(C4CCCNC4)cc3)nc2n(CC2CCOCC2)c1=O. The number of hydrogen-bond donors (Lipinski definition) is 2. The number of hydrogen-bond acceptors (Lipinski definition) is 10. The second-order valence-corrected chi connectivity index (χ2v) is 15.1. The molecule has 240 valence electrons. The molecule has 1 atom stereocenters. The summed E-state index contributed by atoms with van der Waals surface area (Å²) in [7, 11) is -3.90. The van der Waals surface area contributed by atoms with E-state index in [0.717, 1.165) is 47.0 Å². The first kappa shape index (κ1) is 30.7. The fraction of sp³-hybridized carbons (Fsp3) is 0.394. The Morgan fingerprint density at radius 1 is 1.11 bits per heavy atom. The fourth-order valence-electron chi connectivity index (χ4n) is 6.60. The molecule has 4 aromatic heterocycles. The fourth-order valence-corrected chi connectivity index (χ4v) is 9.01. The van der Waals surface area contributed by atoms with Crippen molar-refractivity contribution in [2.24, 2.45) is 5.92 Å². The number of aromatic nitrogens is 5. The number of anilines is 2. The normalized spacial score (nSPS) is 17.8. The molecule has 6 heterocycles. The Morgan fingerprint density at radius 2 is 1.91 bits per heavy atom. The van der Waals surface area contributed by atoms with Crippen molar-refractivity contribution in [2.45, 2.75) is 56.2 Å². The first-order chi connectivity index (χ1) is 22.3. The summed E-state index contributed by atoms with van der Waals surface area (Å²) in [5.74, 6) is 1.15. The van der Waals surface area contributed by atoms with Crippen LogP contribution < -0.4 is 16.2 Å². The Kier molecular flexibility index (Phi) is 8.49. The van der Waals surface area contributed by atoms with E-state index in [4.69, 9.17) is 9.72 Å². The van der Waals surface area contributed by atoms with Crippen LogP contribution in [0.3, 0.4) is 0 Å². The largest absolute Gasteiger partial charge is 0.381 e. The summed E-state index contributed by atoms with van der Waals surface area (Å²) in [5, 5.41) is 13.6. The molecule has 11 nitrogen and oxygen atoms in total. The summed E-state index contributed by atoms with van der Waals surface area (Å²) in [6, 6.07) is 13.4. The molecule has 2 aliphatic rings. The Labute approximate surface area is 271 Å². The minimum Gasteiger partial charge on any atom is -0.381 e. The van der Waals surface area contributed by atoms with Crippen molar-refractivity contribution < 1.29 is 13.2 Å². The van der Waals surface area contributed by atoms with Gasteiger partial charge in [0.05, 0.1) is 17.0 Å². The van der Waals surface area contributed by atoms with Crippen molar-refractivity contribution in [3.63, 3.8) is 0 Å². The van der Waals surface area contributed by atoms with E-state index in [1.807, 2.05) is 12.1 Å². The monoisotopic (exact) mass is 659 g/mol. The summed E-state index contributed by atoms with van der Waals surface area (Å²) in [5.41, 5.74) is 4.18. The molecule has 2 fully saturated rings. The van der Waals surface area contributed by atoms with Crippen molar-refractivity contribution in [1.82, 2.24) is 29.0 Å². The number of fused-ring (bicyclic) bond motifs is 1. The van der Waals surface area contributed by atoms with Gasteiger partial charge in [-0.3, -0.25) is 9.36 Å². The number of aryl methyl sites for hydroxylation is 1. The topological polar surface area (TPSA) is 133 Å². The van der Waals surface area contributed by atoms with E-state index >= 15 is 0 Å². The van der Waals surface area contributed by atoms with Gasteiger partial charge in [0.25, 0.3) is 15.6 Å². The average Bonchev–Trinajstić information content (AvgIpc) is 3.73. The van der Waals surface area contributed by atoms with Crippen molar-refractivity contribution >= 4 is 44.0 Å². The third-order valence-electron chi connectivity index (χ3n) is 9.04. The summed E-state index contributed by atoms with van der Waals surface area (Å²) in [4.78, 5) is 23.8. The van der Waals surface area contributed by atoms with Crippen LogP contribution in [-0.4, -0.2) is 58.4 Å². The van der Waals surface area contributed by atoms with Crippen LogP contribution in [0.1, 0.15) is 48.6 Å². The predicted octanol–water partition coefficient (Wildman–Crippen LogP) is 5.21. The third kappa shape index (κ3) is 5.88. The molecule has 0 bridgehead atoms. The molecule has 1 unspecified atom stereocenters. The lowest BCUT2D eigenvalue weighted by atomic mass is 9.92.